The molecular weight excluding hydrogens is 344 g/mol. The van der Waals surface area contributed by atoms with Crippen molar-refractivity contribution in [3.05, 3.63) is 58.4 Å². The van der Waals surface area contributed by atoms with Gasteiger partial charge in [-0.05, 0) is 36.8 Å². The van der Waals surface area contributed by atoms with Crippen LogP contribution in [0.3, 0.4) is 0 Å². The van der Waals surface area contributed by atoms with E-state index in [1.165, 1.54) is 11.1 Å². The molecule has 0 radical (unpaired) electrons. The molecule has 134 valence electrons. The lowest BCUT2D eigenvalue weighted by molar-refractivity contribution is 0.0786. The molecule has 0 bridgehead atoms. The number of likely N-dealkylation sites (tertiary alicyclic amines) is 1. The predicted octanol–water partition coefficient (Wildman–Crippen LogP) is 3.41. The molecule has 5 nitrogen and oxygen atoms in total. The number of hydrogen-bond acceptors (Lipinski definition) is 4. The molecule has 0 saturated carbocycles. The molecule has 2 aromatic heterocycles. The second-order valence-electron chi connectivity index (χ2n) is 7.13. The van der Waals surface area contributed by atoms with Gasteiger partial charge in [0, 0.05) is 37.3 Å². The summed E-state index contributed by atoms with van der Waals surface area (Å²) < 4.78 is 2.07. The zero-order chi connectivity index (χ0) is 17.5. The molecule has 6 heteroatoms. The van der Waals surface area contributed by atoms with E-state index in [-0.39, 0.29) is 5.91 Å². The first kappa shape index (κ1) is 16.0. The van der Waals surface area contributed by atoms with E-state index in [2.05, 4.69) is 39.0 Å². The Morgan fingerprint density at radius 1 is 1.27 bits per heavy atom. The summed E-state index contributed by atoms with van der Waals surface area (Å²) in [5, 5.41) is 5.71. The lowest BCUT2D eigenvalue weighted by Crippen LogP contribution is -2.30. The predicted molar refractivity (Wildman–Crippen MR) is 103 cm³/mol. The van der Waals surface area contributed by atoms with Crippen molar-refractivity contribution >= 4 is 22.2 Å². The molecule has 1 N–H and O–H groups in total. The number of nitrogens with zero attached hydrogens (tertiary/aromatic N) is 3. The smallest absolute Gasteiger partial charge is 0.274 e. The summed E-state index contributed by atoms with van der Waals surface area (Å²) in [5.41, 5.74) is 4.44. The number of carbonyl (C=O) groups is 1. The van der Waals surface area contributed by atoms with Crippen LogP contribution in [0.15, 0.2) is 35.8 Å². The van der Waals surface area contributed by atoms with Crippen LogP contribution in [0.25, 0.3) is 4.96 Å². The van der Waals surface area contributed by atoms with Gasteiger partial charge in [0.05, 0.1) is 5.69 Å². The molecule has 1 atom stereocenters. The Labute approximate surface area is 156 Å². The molecule has 5 rings (SSSR count). The molecule has 3 aromatic rings. The van der Waals surface area contributed by atoms with Crippen molar-refractivity contribution in [1.82, 2.24) is 19.6 Å². The number of hydrogen-bond donors (Lipinski definition) is 1. The summed E-state index contributed by atoms with van der Waals surface area (Å²) in [7, 11) is 0. The van der Waals surface area contributed by atoms with E-state index in [9.17, 15) is 4.79 Å². The summed E-state index contributed by atoms with van der Waals surface area (Å²) in [5.74, 6) is 0.0852. The van der Waals surface area contributed by atoms with Crippen LogP contribution >= 0.6 is 11.3 Å². The Bertz CT molecular complexity index is 954. The lowest BCUT2D eigenvalue weighted by atomic mass is 10.1. The van der Waals surface area contributed by atoms with Gasteiger partial charge in [0.2, 0.25) is 0 Å². The van der Waals surface area contributed by atoms with Gasteiger partial charge in [-0.3, -0.25) is 9.20 Å². The third-order valence-electron chi connectivity index (χ3n) is 5.61. The van der Waals surface area contributed by atoms with Gasteiger partial charge in [-0.1, -0.05) is 24.3 Å². The number of thiazole rings is 1. The van der Waals surface area contributed by atoms with Crippen LogP contribution in [-0.4, -0.2) is 33.3 Å². The molecule has 2 aliphatic rings. The molecule has 1 saturated heterocycles. The second-order valence-corrected chi connectivity index (χ2v) is 8.01. The average Bonchev–Trinajstić information content (AvgIpc) is 3.42. The Morgan fingerprint density at radius 2 is 2.12 bits per heavy atom. The minimum atomic E-state index is 0.0852. The highest BCUT2D eigenvalue weighted by Gasteiger charge is 2.27. The van der Waals surface area contributed by atoms with Crippen LogP contribution < -0.4 is 5.32 Å². The Kier molecular flexibility index (Phi) is 4.02. The maximum absolute atomic E-state index is 13.0. The molecule has 3 heterocycles. The normalized spacial score (nSPS) is 19.4. The van der Waals surface area contributed by atoms with E-state index in [1.807, 2.05) is 16.5 Å². The highest BCUT2D eigenvalue weighted by Crippen LogP contribution is 2.31. The molecule has 1 aliphatic heterocycles. The minimum absolute atomic E-state index is 0.0852. The fourth-order valence-electron chi connectivity index (χ4n) is 4.23. The maximum Gasteiger partial charge on any atom is 0.274 e. The molecular formula is C20H22N4OS. The fraction of sp³-hybridized carbons (Fsp3) is 0.400. The molecule has 1 amide bonds. The van der Waals surface area contributed by atoms with Gasteiger partial charge in [-0.15, -0.1) is 11.3 Å². The standard InChI is InChI=1S/C20H22N4OS/c25-19(23-9-3-4-10-23)18-17(24-11-12-26-20(24)22-18)13-21-16-8-7-14-5-1-2-6-15(14)16/h1-2,5-6,11-12,16,21H,3-4,7-10,13H2/t16-/m1/s1. The van der Waals surface area contributed by atoms with E-state index in [0.29, 0.717) is 18.3 Å². The van der Waals surface area contributed by atoms with Crippen molar-refractivity contribution in [1.29, 1.82) is 0 Å². The maximum atomic E-state index is 13.0. The number of imidazole rings is 1. The highest BCUT2D eigenvalue weighted by atomic mass is 32.1. The van der Waals surface area contributed by atoms with Crippen LogP contribution in [0.5, 0.6) is 0 Å². The third kappa shape index (κ3) is 2.64. The van der Waals surface area contributed by atoms with Crippen LogP contribution in [0.2, 0.25) is 0 Å². The van der Waals surface area contributed by atoms with Gasteiger partial charge in [0.15, 0.2) is 10.7 Å². The number of carbonyl (C=O) groups excluding carboxylic acids is 1. The van der Waals surface area contributed by atoms with E-state index >= 15 is 0 Å². The molecule has 1 aliphatic carbocycles. The van der Waals surface area contributed by atoms with E-state index < -0.39 is 0 Å². The van der Waals surface area contributed by atoms with E-state index in [1.54, 1.807) is 11.3 Å². The summed E-state index contributed by atoms with van der Waals surface area (Å²) in [4.78, 5) is 20.5. The first-order valence-corrected chi connectivity index (χ1v) is 10.2. The van der Waals surface area contributed by atoms with Crippen LogP contribution in [0, 0.1) is 0 Å². The van der Waals surface area contributed by atoms with Crippen molar-refractivity contribution in [3.63, 3.8) is 0 Å². The monoisotopic (exact) mass is 366 g/mol. The minimum Gasteiger partial charge on any atom is -0.337 e. The van der Waals surface area contributed by atoms with Crippen LogP contribution in [0.4, 0.5) is 0 Å². The summed E-state index contributed by atoms with van der Waals surface area (Å²) in [6.45, 7) is 2.37. The third-order valence-corrected chi connectivity index (χ3v) is 6.36. The Hall–Kier alpha value is -2.18. The molecule has 1 fully saturated rings. The highest BCUT2D eigenvalue weighted by molar-refractivity contribution is 7.15. The van der Waals surface area contributed by atoms with Gasteiger partial charge in [-0.2, -0.15) is 0 Å². The van der Waals surface area contributed by atoms with Crippen molar-refractivity contribution < 1.29 is 4.79 Å². The second kappa shape index (κ2) is 6.52. The van der Waals surface area contributed by atoms with Crippen molar-refractivity contribution in [3.8, 4) is 0 Å². The lowest BCUT2D eigenvalue weighted by Gasteiger charge is -2.17. The molecule has 26 heavy (non-hydrogen) atoms. The molecule has 0 spiro atoms. The van der Waals surface area contributed by atoms with Crippen LogP contribution in [0.1, 0.15) is 52.6 Å². The van der Waals surface area contributed by atoms with Gasteiger partial charge < -0.3 is 10.2 Å². The van der Waals surface area contributed by atoms with Crippen molar-refractivity contribution in [2.45, 2.75) is 38.3 Å². The summed E-state index contributed by atoms with van der Waals surface area (Å²) in [6.07, 6.45) is 6.45. The quantitative estimate of drug-likeness (QED) is 0.770. The summed E-state index contributed by atoms with van der Waals surface area (Å²) >= 11 is 1.58. The average molecular weight is 366 g/mol. The first-order valence-electron chi connectivity index (χ1n) is 9.36. The largest absolute Gasteiger partial charge is 0.337 e. The number of rotatable bonds is 4. The number of aryl methyl sites for hydroxylation is 1. The molecule has 0 unspecified atom stereocenters. The number of fused-ring (bicyclic) bond motifs is 2. The Morgan fingerprint density at radius 3 is 3.00 bits per heavy atom. The van der Waals surface area contributed by atoms with E-state index in [4.69, 9.17) is 0 Å². The summed E-state index contributed by atoms with van der Waals surface area (Å²) in [6, 6.07) is 9.00. The molecule has 1 aromatic carbocycles. The SMILES string of the molecule is O=C(c1nc2sccn2c1CN[C@@H]1CCc2ccccc21)N1CCCC1. The van der Waals surface area contributed by atoms with Gasteiger partial charge in [-0.25, -0.2) is 4.98 Å². The first-order chi connectivity index (χ1) is 12.8. The number of amides is 1. The van der Waals surface area contributed by atoms with Gasteiger partial charge >= 0.3 is 0 Å². The van der Waals surface area contributed by atoms with E-state index in [0.717, 1.165) is 49.4 Å². The number of nitrogens with one attached hydrogen (secondary N) is 1. The number of benzene rings is 1. The van der Waals surface area contributed by atoms with Gasteiger partial charge in [0.25, 0.3) is 5.91 Å². The van der Waals surface area contributed by atoms with Crippen molar-refractivity contribution in [2.24, 2.45) is 0 Å². The Balaban J connectivity index is 1.42. The van der Waals surface area contributed by atoms with Crippen LogP contribution in [-0.2, 0) is 13.0 Å². The fourth-order valence-corrected chi connectivity index (χ4v) is 4.96. The zero-order valence-corrected chi connectivity index (χ0v) is 15.5. The van der Waals surface area contributed by atoms with Gasteiger partial charge in [0.1, 0.15) is 0 Å². The van der Waals surface area contributed by atoms with Crippen molar-refractivity contribution in [2.75, 3.05) is 13.1 Å². The number of aromatic nitrogens is 2. The topological polar surface area (TPSA) is 49.6 Å². The zero-order valence-electron chi connectivity index (χ0n) is 14.6.